The molecule has 1 amide bonds. The van der Waals surface area contributed by atoms with Gasteiger partial charge in [0, 0.05) is 31.4 Å². The van der Waals surface area contributed by atoms with Gasteiger partial charge in [0.1, 0.15) is 5.56 Å². The first-order chi connectivity index (χ1) is 12.2. The first-order valence-electron chi connectivity index (χ1n) is 8.14. The monoisotopic (exact) mass is 335 g/mol. The predicted octanol–water partition coefficient (Wildman–Crippen LogP) is 2.03. The van der Waals surface area contributed by atoms with Crippen LogP contribution in [0.3, 0.4) is 0 Å². The molecule has 0 spiro atoms. The summed E-state index contributed by atoms with van der Waals surface area (Å²) in [7, 11) is 1.72. The normalized spacial score (nSPS) is 12.8. The van der Waals surface area contributed by atoms with Crippen LogP contribution < -0.4 is 16.2 Å². The van der Waals surface area contributed by atoms with Crippen molar-refractivity contribution in [3.05, 3.63) is 58.3 Å². The Morgan fingerprint density at radius 2 is 2.16 bits per heavy atom. The minimum atomic E-state index is -0.489. The maximum atomic E-state index is 13.0. The number of carbonyl (C=O) groups is 1. The lowest BCUT2D eigenvalue weighted by molar-refractivity contribution is 0.102. The van der Waals surface area contributed by atoms with Gasteiger partial charge < -0.3 is 15.2 Å². The third-order valence-corrected chi connectivity index (χ3v) is 4.48. The van der Waals surface area contributed by atoms with Crippen LogP contribution in [0.2, 0.25) is 0 Å². The summed E-state index contributed by atoms with van der Waals surface area (Å²) in [5.41, 5.74) is 2.41. The summed E-state index contributed by atoms with van der Waals surface area (Å²) >= 11 is 0. The molecule has 0 unspecified atom stereocenters. The molecule has 0 atom stereocenters. The number of aryl methyl sites for hydroxylation is 2. The number of carbonyl (C=O) groups excluding carboxylic acids is 1. The van der Waals surface area contributed by atoms with Crippen molar-refractivity contribution in [3.8, 4) is 0 Å². The number of benzene rings is 1. The molecule has 2 N–H and O–H groups in total. The largest absolute Gasteiger partial charge is 0.387 e. The number of aromatic nitrogens is 3. The van der Waals surface area contributed by atoms with Crippen molar-refractivity contribution in [3.63, 3.8) is 0 Å². The van der Waals surface area contributed by atoms with E-state index in [1.807, 2.05) is 18.2 Å². The predicted molar refractivity (Wildman–Crippen MR) is 96.1 cm³/mol. The zero-order valence-corrected chi connectivity index (χ0v) is 13.7. The smallest absolute Gasteiger partial charge is 0.266 e. The molecule has 0 saturated carbocycles. The minimum absolute atomic E-state index is 0.0969. The molecule has 0 fully saturated rings. The van der Waals surface area contributed by atoms with Gasteiger partial charge in [-0.25, -0.2) is 4.98 Å². The molecular weight excluding hydrogens is 318 g/mol. The van der Waals surface area contributed by atoms with E-state index in [-0.39, 0.29) is 11.1 Å². The van der Waals surface area contributed by atoms with Crippen LogP contribution in [0.1, 0.15) is 22.3 Å². The Labute approximate surface area is 143 Å². The first kappa shape index (κ1) is 15.3. The molecule has 1 aliphatic rings. The number of anilines is 2. The number of hydrogen-bond donors (Lipinski definition) is 2. The topological polar surface area (TPSA) is 88.9 Å². The van der Waals surface area contributed by atoms with Crippen molar-refractivity contribution in [1.29, 1.82) is 0 Å². The van der Waals surface area contributed by atoms with Gasteiger partial charge in [-0.05, 0) is 18.4 Å². The number of pyridine rings is 1. The molecule has 1 aromatic carbocycles. The average molecular weight is 335 g/mol. The SMILES string of the molecule is CNc1c(C(=O)Nc2cnccn2)c(=O)n2c3c(cccc13)CCC2. The molecule has 7 heteroatoms. The quantitative estimate of drug-likeness (QED) is 0.764. The van der Waals surface area contributed by atoms with Crippen LogP contribution in [0.5, 0.6) is 0 Å². The highest BCUT2D eigenvalue weighted by Crippen LogP contribution is 2.30. The molecule has 4 rings (SSSR count). The Bertz CT molecular complexity index is 1030. The van der Waals surface area contributed by atoms with Gasteiger partial charge in [-0.2, -0.15) is 0 Å². The van der Waals surface area contributed by atoms with E-state index in [1.165, 1.54) is 18.6 Å². The lowest BCUT2D eigenvalue weighted by atomic mass is 9.98. The molecule has 0 radical (unpaired) electrons. The first-order valence-corrected chi connectivity index (χ1v) is 8.14. The Morgan fingerprint density at radius 1 is 1.28 bits per heavy atom. The summed E-state index contributed by atoms with van der Waals surface area (Å²) in [4.78, 5) is 33.8. The van der Waals surface area contributed by atoms with E-state index in [4.69, 9.17) is 0 Å². The highest BCUT2D eigenvalue weighted by Gasteiger charge is 2.24. The van der Waals surface area contributed by atoms with Gasteiger partial charge >= 0.3 is 0 Å². The number of nitrogens with zero attached hydrogens (tertiary/aromatic N) is 3. The summed E-state index contributed by atoms with van der Waals surface area (Å²) in [6, 6.07) is 5.93. The summed E-state index contributed by atoms with van der Waals surface area (Å²) in [6.45, 7) is 0.613. The van der Waals surface area contributed by atoms with Crippen LogP contribution in [0, 0.1) is 0 Å². The van der Waals surface area contributed by atoms with Gasteiger partial charge in [0.05, 0.1) is 17.4 Å². The van der Waals surface area contributed by atoms with Gasteiger partial charge in [0.25, 0.3) is 11.5 Å². The van der Waals surface area contributed by atoms with Crippen LogP contribution in [-0.4, -0.2) is 27.5 Å². The number of amides is 1. The summed E-state index contributed by atoms with van der Waals surface area (Å²) < 4.78 is 1.71. The molecule has 2 aromatic heterocycles. The second kappa shape index (κ2) is 6.01. The van der Waals surface area contributed by atoms with Gasteiger partial charge in [-0.1, -0.05) is 18.2 Å². The van der Waals surface area contributed by atoms with Crippen molar-refractivity contribution in [2.24, 2.45) is 0 Å². The van der Waals surface area contributed by atoms with E-state index in [2.05, 4.69) is 20.6 Å². The second-order valence-electron chi connectivity index (χ2n) is 5.92. The average Bonchev–Trinajstić information content (AvgIpc) is 2.65. The molecule has 0 bridgehead atoms. The summed E-state index contributed by atoms with van der Waals surface area (Å²) in [5, 5.41) is 6.57. The molecule has 25 heavy (non-hydrogen) atoms. The fourth-order valence-corrected chi connectivity index (χ4v) is 3.45. The maximum Gasteiger partial charge on any atom is 0.266 e. The Morgan fingerprint density at radius 3 is 2.92 bits per heavy atom. The number of rotatable bonds is 3. The molecule has 0 saturated heterocycles. The molecular formula is C18H17N5O2. The van der Waals surface area contributed by atoms with Crippen LogP contribution in [0.25, 0.3) is 10.9 Å². The van der Waals surface area contributed by atoms with E-state index in [9.17, 15) is 9.59 Å². The number of nitrogens with one attached hydrogen (secondary N) is 2. The lowest BCUT2D eigenvalue weighted by Gasteiger charge is -2.22. The number of para-hydroxylation sites is 1. The van der Waals surface area contributed by atoms with Gasteiger partial charge in [-0.15, -0.1) is 0 Å². The lowest BCUT2D eigenvalue weighted by Crippen LogP contribution is -2.33. The summed E-state index contributed by atoms with van der Waals surface area (Å²) in [5.74, 6) is -0.182. The van der Waals surface area contributed by atoms with E-state index >= 15 is 0 Å². The van der Waals surface area contributed by atoms with Crippen LogP contribution in [-0.2, 0) is 13.0 Å². The third kappa shape index (κ3) is 2.44. The van der Waals surface area contributed by atoms with Crippen molar-refractivity contribution in [2.45, 2.75) is 19.4 Å². The standard InChI is InChI=1S/C18H17N5O2/c1-19-15-12-6-2-4-11-5-3-9-23(16(11)12)18(25)14(15)17(24)22-13-10-20-7-8-21-13/h2,4,6-8,10,19H,3,5,9H2,1H3,(H,21,22,24). The Kier molecular flexibility index (Phi) is 3.68. The summed E-state index contributed by atoms with van der Waals surface area (Å²) in [6.07, 6.45) is 6.27. The second-order valence-corrected chi connectivity index (χ2v) is 5.92. The van der Waals surface area contributed by atoms with E-state index in [0.29, 0.717) is 18.1 Å². The van der Waals surface area contributed by atoms with Crippen LogP contribution >= 0.6 is 0 Å². The van der Waals surface area contributed by atoms with Crippen molar-refractivity contribution in [2.75, 3.05) is 17.7 Å². The van der Waals surface area contributed by atoms with Gasteiger partial charge in [0.15, 0.2) is 5.82 Å². The highest BCUT2D eigenvalue weighted by molar-refractivity contribution is 6.12. The molecule has 0 aliphatic carbocycles. The molecule has 3 aromatic rings. The molecule has 1 aliphatic heterocycles. The third-order valence-electron chi connectivity index (χ3n) is 4.48. The van der Waals surface area contributed by atoms with Crippen molar-refractivity contribution in [1.82, 2.24) is 14.5 Å². The fraction of sp³-hybridized carbons (Fsp3) is 0.222. The maximum absolute atomic E-state index is 13.0. The zero-order valence-electron chi connectivity index (χ0n) is 13.7. The van der Waals surface area contributed by atoms with E-state index < -0.39 is 5.91 Å². The van der Waals surface area contributed by atoms with Crippen molar-refractivity contribution < 1.29 is 4.79 Å². The van der Waals surface area contributed by atoms with E-state index in [1.54, 1.807) is 11.6 Å². The Balaban J connectivity index is 1.94. The van der Waals surface area contributed by atoms with Crippen LogP contribution in [0.4, 0.5) is 11.5 Å². The molecule has 126 valence electrons. The molecule has 3 heterocycles. The highest BCUT2D eigenvalue weighted by atomic mass is 16.2. The zero-order chi connectivity index (χ0) is 17.4. The minimum Gasteiger partial charge on any atom is -0.387 e. The van der Waals surface area contributed by atoms with Crippen LogP contribution in [0.15, 0.2) is 41.6 Å². The van der Waals surface area contributed by atoms with Gasteiger partial charge in [-0.3, -0.25) is 14.6 Å². The number of hydrogen-bond acceptors (Lipinski definition) is 5. The van der Waals surface area contributed by atoms with Crippen molar-refractivity contribution >= 4 is 28.3 Å². The van der Waals surface area contributed by atoms with Gasteiger partial charge in [0.2, 0.25) is 0 Å². The molecule has 7 nitrogen and oxygen atoms in total. The van der Waals surface area contributed by atoms with E-state index in [0.717, 1.165) is 29.3 Å². The Hall–Kier alpha value is -3.22. The fourth-order valence-electron chi connectivity index (χ4n) is 3.45.